The summed E-state index contributed by atoms with van der Waals surface area (Å²) in [6.07, 6.45) is 0.521. The number of nitrogens with zero attached hydrogens (tertiary/aromatic N) is 4. The Bertz CT molecular complexity index is 1630. The second kappa shape index (κ2) is 11.5. The van der Waals surface area contributed by atoms with Crippen molar-refractivity contribution in [1.29, 1.82) is 0 Å². The first kappa shape index (κ1) is 27.9. The second-order valence-corrected chi connectivity index (χ2v) is 10.3. The molecule has 4 aromatic rings. The van der Waals surface area contributed by atoms with Crippen LogP contribution < -0.4 is 21.3 Å². The number of nitrogen functional groups attached to an aromatic ring is 1. The molecule has 0 spiro atoms. The number of ether oxygens (including phenoxy) is 1. The van der Waals surface area contributed by atoms with Crippen molar-refractivity contribution in [3.63, 3.8) is 0 Å². The number of likely N-dealkylation sites (tertiary alicyclic amines) is 1. The highest BCUT2D eigenvalue weighted by Crippen LogP contribution is 2.33. The third-order valence-electron chi connectivity index (χ3n) is 6.61. The SMILES string of the molecule is CC(C)CN1CCCC/C1=C/Nc1nc(Oc2cccc3[nH]c(=O)c(N)nc23)cc(-c2ccc(C(F)(F)F)cc2)n1. The minimum Gasteiger partial charge on any atom is -0.436 e. The lowest BCUT2D eigenvalue weighted by Crippen LogP contribution is -2.31. The van der Waals surface area contributed by atoms with Gasteiger partial charge in [0.1, 0.15) is 5.52 Å². The summed E-state index contributed by atoms with van der Waals surface area (Å²) in [7, 11) is 0. The van der Waals surface area contributed by atoms with Gasteiger partial charge in [-0.2, -0.15) is 18.2 Å². The van der Waals surface area contributed by atoms with Crippen molar-refractivity contribution in [2.75, 3.05) is 24.1 Å². The summed E-state index contributed by atoms with van der Waals surface area (Å²) in [5, 5.41) is 3.17. The highest BCUT2D eigenvalue weighted by molar-refractivity contribution is 5.82. The van der Waals surface area contributed by atoms with E-state index in [9.17, 15) is 18.0 Å². The normalized spacial score (nSPS) is 15.1. The lowest BCUT2D eigenvalue weighted by atomic mass is 10.1. The van der Waals surface area contributed by atoms with Gasteiger partial charge in [0, 0.05) is 36.6 Å². The molecule has 1 aliphatic heterocycles. The van der Waals surface area contributed by atoms with E-state index in [1.807, 2.05) is 6.20 Å². The van der Waals surface area contributed by atoms with E-state index in [0.717, 1.165) is 50.2 Å². The van der Waals surface area contributed by atoms with E-state index in [1.165, 1.54) is 18.2 Å². The Morgan fingerprint density at radius 3 is 2.63 bits per heavy atom. The van der Waals surface area contributed by atoms with Crippen LogP contribution in [0.3, 0.4) is 0 Å². The van der Waals surface area contributed by atoms with Gasteiger partial charge in [-0.3, -0.25) is 4.79 Å². The van der Waals surface area contributed by atoms with Crippen LogP contribution in [-0.4, -0.2) is 37.9 Å². The summed E-state index contributed by atoms with van der Waals surface area (Å²) >= 11 is 0. The number of anilines is 2. The highest BCUT2D eigenvalue weighted by atomic mass is 19.4. The first-order chi connectivity index (χ1) is 19.6. The molecule has 1 fully saturated rings. The molecule has 3 heterocycles. The summed E-state index contributed by atoms with van der Waals surface area (Å²) in [5.41, 5.74) is 7.13. The fraction of sp³-hybridized carbons (Fsp3) is 0.310. The summed E-state index contributed by atoms with van der Waals surface area (Å²) < 4.78 is 45.6. The maximum absolute atomic E-state index is 13.2. The zero-order valence-corrected chi connectivity index (χ0v) is 22.6. The maximum atomic E-state index is 13.2. The van der Waals surface area contributed by atoms with Gasteiger partial charge in [0.05, 0.1) is 16.8 Å². The minimum absolute atomic E-state index is 0.123. The first-order valence-electron chi connectivity index (χ1n) is 13.3. The second-order valence-electron chi connectivity index (χ2n) is 10.3. The number of hydrogen-bond donors (Lipinski definition) is 3. The van der Waals surface area contributed by atoms with E-state index >= 15 is 0 Å². The number of allylic oxidation sites excluding steroid dienone is 1. The van der Waals surface area contributed by atoms with Crippen LogP contribution in [-0.2, 0) is 6.18 Å². The van der Waals surface area contributed by atoms with Crippen LogP contribution in [0.4, 0.5) is 24.9 Å². The number of benzene rings is 2. The Kier molecular flexibility index (Phi) is 7.82. The van der Waals surface area contributed by atoms with Crippen LogP contribution in [0.25, 0.3) is 22.3 Å². The van der Waals surface area contributed by atoms with Crippen molar-refractivity contribution in [1.82, 2.24) is 24.8 Å². The van der Waals surface area contributed by atoms with Gasteiger partial charge in [0.2, 0.25) is 11.8 Å². The standard InChI is InChI=1S/C29H30F3N7O2/c1-17(2)16-39-13-4-3-6-20(39)15-34-28-36-22(18-9-11-19(12-10-18)29(30,31)32)14-24(37-28)41-23-8-5-7-21-25(23)38-26(33)27(40)35-21/h5,7-12,14-15,17H,3-4,6,13,16H2,1-2H3,(H2,33,38)(H,35,40)(H,34,36,37)/b20-15-. The van der Waals surface area contributed by atoms with Crippen LogP contribution in [0, 0.1) is 5.92 Å². The Morgan fingerprint density at radius 1 is 1.12 bits per heavy atom. The number of hydrogen-bond acceptors (Lipinski definition) is 8. The zero-order chi connectivity index (χ0) is 29.1. The molecule has 0 radical (unpaired) electrons. The van der Waals surface area contributed by atoms with E-state index in [0.29, 0.717) is 28.2 Å². The van der Waals surface area contributed by atoms with Crippen LogP contribution in [0.2, 0.25) is 0 Å². The molecule has 1 saturated heterocycles. The molecule has 12 heteroatoms. The Morgan fingerprint density at radius 2 is 1.90 bits per heavy atom. The van der Waals surface area contributed by atoms with E-state index in [-0.39, 0.29) is 23.4 Å². The van der Waals surface area contributed by atoms with Crippen molar-refractivity contribution in [2.45, 2.75) is 39.3 Å². The van der Waals surface area contributed by atoms with E-state index in [2.05, 4.69) is 44.0 Å². The number of halogens is 3. The maximum Gasteiger partial charge on any atom is 0.416 e. The fourth-order valence-corrected chi connectivity index (χ4v) is 4.68. The Hall–Kier alpha value is -4.61. The third kappa shape index (κ3) is 6.59. The number of H-pyrrole nitrogens is 1. The quantitative estimate of drug-likeness (QED) is 0.243. The average Bonchev–Trinajstić information content (AvgIpc) is 2.93. The van der Waals surface area contributed by atoms with Gasteiger partial charge in [0.25, 0.3) is 5.56 Å². The monoisotopic (exact) mass is 565 g/mol. The van der Waals surface area contributed by atoms with Crippen LogP contribution in [0.1, 0.15) is 38.7 Å². The van der Waals surface area contributed by atoms with Crippen molar-refractivity contribution in [3.05, 3.63) is 76.3 Å². The van der Waals surface area contributed by atoms with E-state index in [4.69, 9.17) is 10.5 Å². The Balaban J connectivity index is 1.53. The number of piperidine rings is 1. The lowest BCUT2D eigenvalue weighted by Gasteiger charge is -2.33. The molecular weight excluding hydrogens is 535 g/mol. The number of nitrogens with one attached hydrogen (secondary N) is 2. The molecule has 0 amide bonds. The number of aromatic nitrogens is 4. The molecule has 1 aliphatic rings. The van der Waals surface area contributed by atoms with Gasteiger partial charge < -0.3 is 25.7 Å². The molecule has 0 saturated carbocycles. The molecule has 5 rings (SSSR count). The van der Waals surface area contributed by atoms with Crippen molar-refractivity contribution in [3.8, 4) is 22.9 Å². The number of rotatable bonds is 7. The molecule has 41 heavy (non-hydrogen) atoms. The summed E-state index contributed by atoms with van der Waals surface area (Å²) in [6.45, 7) is 6.23. The van der Waals surface area contributed by atoms with Gasteiger partial charge in [-0.05, 0) is 49.4 Å². The molecule has 214 valence electrons. The van der Waals surface area contributed by atoms with E-state index in [1.54, 1.807) is 18.2 Å². The topological polar surface area (TPSA) is 122 Å². The van der Waals surface area contributed by atoms with E-state index < -0.39 is 17.3 Å². The molecule has 0 aliphatic carbocycles. The smallest absolute Gasteiger partial charge is 0.416 e. The molecule has 9 nitrogen and oxygen atoms in total. The zero-order valence-electron chi connectivity index (χ0n) is 22.6. The predicted molar refractivity (Wildman–Crippen MR) is 151 cm³/mol. The molecule has 2 aromatic carbocycles. The molecule has 0 atom stereocenters. The largest absolute Gasteiger partial charge is 0.436 e. The summed E-state index contributed by atoms with van der Waals surface area (Å²) in [4.78, 5) is 30.2. The van der Waals surface area contributed by atoms with Crippen molar-refractivity contribution < 1.29 is 17.9 Å². The number of aromatic amines is 1. The molecule has 4 N–H and O–H groups in total. The van der Waals surface area contributed by atoms with Crippen LogP contribution in [0.15, 0.2) is 65.2 Å². The van der Waals surface area contributed by atoms with Gasteiger partial charge in [-0.15, -0.1) is 0 Å². The van der Waals surface area contributed by atoms with Gasteiger partial charge in [-0.1, -0.05) is 32.0 Å². The van der Waals surface area contributed by atoms with Crippen molar-refractivity contribution >= 4 is 22.8 Å². The van der Waals surface area contributed by atoms with Gasteiger partial charge >= 0.3 is 6.18 Å². The van der Waals surface area contributed by atoms with Gasteiger partial charge in [0.15, 0.2) is 11.6 Å². The summed E-state index contributed by atoms with van der Waals surface area (Å²) in [6, 6.07) is 11.2. The molecule has 0 bridgehead atoms. The van der Waals surface area contributed by atoms with Crippen LogP contribution in [0.5, 0.6) is 11.6 Å². The number of fused-ring (bicyclic) bond motifs is 1. The fourth-order valence-electron chi connectivity index (χ4n) is 4.68. The molecular formula is C29H30F3N7O2. The summed E-state index contributed by atoms with van der Waals surface area (Å²) in [5.74, 6) is 0.893. The number of para-hydroxylation sites is 1. The highest BCUT2D eigenvalue weighted by Gasteiger charge is 2.30. The molecule has 2 aromatic heterocycles. The molecule has 0 unspecified atom stereocenters. The predicted octanol–water partition coefficient (Wildman–Crippen LogP) is 6.17. The lowest BCUT2D eigenvalue weighted by molar-refractivity contribution is -0.137. The number of alkyl halides is 3. The third-order valence-corrected chi connectivity index (χ3v) is 6.61. The Labute approximate surface area is 234 Å². The first-order valence-corrected chi connectivity index (χ1v) is 13.3. The van der Waals surface area contributed by atoms with Crippen molar-refractivity contribution in [2.24, 2.45) is 5.92 Å². The van der Waals surface area contributed by atoms with Gasteiger partial charge in [-0.25, -0.2) is 9.97 Å². The minimum atomic E-state index is -4.45. The average molecular weight is 566 g/mol. The van der Waals surface area contributed by atoms with Crippen LogP contribution >= 0.6 is 0 Å². The number of nitrogens with two attached hydrogens (primary N) is 1.